The molecular formula is C14H21N3O2. The fourth-order valence-corrected chi connectivity index (χ4v) is 3.46. The smallest absolute Gasteiger partial charge is 0.240 e. The van der Waals surface area contributed by atoms with E-state index in [1.165, 1.54) is 19.3 Å². The Morgan fingerprint density at radius 3 is 2.53 bits per heavy atom. The third kappa shape index (κ3) is 2.27. The van der Waals surface area contributed by atoms with Crippen LogP contribution in [-0.2, 0) is 0 Å². The minimum atomic E-state index is 0.223. The first-order chi connectivity index (χ1) is 9.26. The second-order valence-electron chi connectivity index (χ2n) is 5.56. The Labute approximate surface area is 113 Å². The lowest BCUT2D eigenvalue weighted by Gasteiger charge is -2.24. The number of hydrogen-bond acceptors (Lipinski definition) is 5. The molecule has 3 atom stereocenters. The maximum Gasteiger partial charge on any atom is 0.240 e. The maximum atomic E-state index is 5.37. The molecule has 5 nitrogen and oxygen atoms in total. The molecule has 1 heterocycles. The lowest BCUT2D eigenvalue weighted by atomic mass is 9.92. The highest BCUT2D eigenvalue weighted by Crippen LogP contribution is 2.57. The van der Waals surface area contributed by atoms with Gasteiger partial charge in [-0.3, -0.25) is 0 Å². The van der Waals surface area contributed by atoms with Crippen molar-refractivity contribution in [1.29, 1.82) is 0 Å². The van der Waals surface area contributed by atoms with Gasteiger partial charge in [0.1, 0.15) is 5.69 Å². The van der Waals surface area contributed by atoms with Crippen LogP contribution in [0.15, 0.2) is 6.20 Å². The van der Waals surface area contributed by atoms with Crippen molar-refractivity contribution in [2.75, 3.05) is 21.3 Å². The third-order valence-electron chi connectivity index (χ3n) is 4.50. The number of fused-ring (bicyclic) bond motifs is 1. The number of nitrogens with zero attached hydrogens (tertiary/aromatic N) is 2. The first-order valence-corrected chi connectivity index (χ1v) is 6.89. The van der Waals surface area contributed by atoms with Crippen LogP contribution in [0.2, 0.25) is 0 Å². The Balaban J connectivity index is 1.85. The van der Waals surface area contributed by atoms with Gasteiger partial charge in [0, 0.05) is 0 Å². The lowest BCUT2D eigenvalue weighted by Crippen LogP contribution is -2.26. The quantitative estimate of drug-likeness (QED) is 0.878. The summed E-state index contributed by atoms with van der Waals surface area (Å²) in [6.07, 6.45) is 5.69. The molecule has 2 saturated carbocycles. The zero-order chi connectivity index (χ0) is 13.4. The Morgan fingerprint density at radius 2 is 1.95 bits per heavy atom. The second-order valence-corrected chi connectivity index (χ2v) is 5.56. The van der Waals surface area contributed by atoms with Crippen LogP contribution in [0.5, 0.6) is 11.8 Å². The van der Waals surface area contributed by atoms with Crippen molar-refractivity contribution >= 4 is 0 Å². The van der Waals surface area contributed by atoms with Crippen LogP contribution in [0.25, 0.3) is 0 Å². The van der Waals surface area contributed by atoms with Crippen molar-refractivity contribution < 1.29 is 9.47 Å². The van der Waals surface area contributed by atoms with E-state index in [9.17, 15) is 0 Å². The Hall–Kier alpha value is -1.36. The molecular weight excluding hydrogens is 242 g/mol. The van der Waals surface area contributed by atoms with E-state index in [1.807, 2.05) is 7.05 Å². The molecule has 0 radical (unpaired) electrons. The summed E-state index contributed by atoms with van der Waals surface area (Å²) in [5, 5.41) is 3.39. The zero-order valence-electron chi connectivity index (χ0n) is 11.7. The first-order valence-electron chi connectivity index (χ1n) is 6.89. The van der Waals surface area contributed by atoms with Gasteiger partial charge in [-0.15, -0.1) is 0 Å². The number of aromatic nitrogens is 2. The largest absolute Gasteiger partial charge is 0.480 e. The van der Waals surface area contributed by atoms with E-state index < -0.39 is 0 Å². The topological polar surface area (TPSA) is 56.3 Å². The minimum absolute atomic E-state index is 0.223. The molecule has 19 heavy (non-hydrogen) atoms. The van der Waals surface area contributed by atoms with Crippen molar-refractivity contribution in [3.8, 4) is 11.8 Å². The van der Waals surface area contributed by atoms with Gasteiger partial charge in [0.25, 0.3) is 0 Å². The van der Waals surface area contributed by atoms with Crippen LogP contribution in [0, 0.1) is 17.8 Å². The van der Waals surface area contributed by atoms with E-state index in [-0.39, 0.29) is 6.04 Å². The van der Waals surface area contributed by atoms with Crippen LogP contribution in [0.1, 0.15) is 31.0 Å². The summed E-state index contributed by atoms with van der Waals surface area (Å²) in [5.74, 6) is 3.62. The number of methoxy groups -OCH3 is 2. The average Bonchev–Trinajstić information content (AvgIpc) is 3.06. The molecule has 0 aromatic carbocycles. The van der Waals surface area contributed by atoms with Crippen molar-refractivity contribution in [2.45, 2.75) is 25.3 Å². The molecule has 2 aliphatic carbocycles. The molecule has 0 spiro atoms. The molecule has 0 bridgehead atoms. The van der Waals surface area contributed by atoms with Gasteiger partial charge in [0.15, 0.2) is 0 Å². The van der Waals surface area contributed by atoms with E-state index in [4.69, 9.17) is 9.47 Å². The summed E-state index contributed by atoms with van der Waals surface area (Å²) in [7, 11) is 5.20. The predicted octanol–water partition coefficient (Wildman–Crippen LogP) is 1.80. The van der Waals surface area contributed by atoms with E-state index in [2.05, 4.69) is 15.3 Å². The SMILES string of the molecule is CNC(c1ncc(OC)nc1OC)C1CC2CC2C1. The van der Waals surface area contributed by atoms with E-state index in [1.54, 1.807) is 20.4 Å². The third-order valence-corrected chi connectivity index (χ3v) is 4.50. The summed E-state index contributed by atoms with van der Waals surface area (Å²) >= 11 is 0. The fourth-order valence-electron chi connectivity index (χ4n) is 3.46. The number of ether oxygens (including phenoxy) is 2. The van der Waals surface area contributed by atoms with Crippen molar-refractivity contribution in [2.24, 2.45) is 17.8 Å². The average molecular weight is 263 g/mol. The Morgan fingerprint density at radius 1 is 1.21 bits per heavy atom. The Bertz CT molecular complexity index is 456. The highest BCUT2D eigenvalue weighted by atomic mass is 16.5. The number of hydrogen-bond donors (Lipinski definition) is 1. The molecule has 0 saturated heterocycles. The van der Waals surface area contributed by atoms with Gasteiger partial charge in [-0.2, -0.15) is 4.98 Å². The summed E-state index contributed by atoms with van der Waals surface area (Å²) in [4.78, 5) is 8.83. The molecule has 1 aromatic rings. The van der Waals surface area contributed by atoms with E-state index in [0.717, 1.165) is 17.5 Å². The standard InChI is InChI=1S/C14H21N3O2/c1-15-12(10-5-8-4-9(8)6-10)13-14(19-3)17-11(18-2)7-16-13/h7-10,12,15H,4-6H2,1-3H3. The summed E-state index contributed by atoms with van der Waals surface area (Å²) in [6.45, 7) is 0. The van der Waals surface area contributed by atoms with Gasteiger partial charge in [-0.05, 0) is 44.1 Å². The molecule has 2 aliphatic rings. The lowest BCUT2D eigenvalue weighted by molar-refractivity contribution is 0.317. The molecule has 1 N–H and O–H groups in total. The molecule has 3 rings (SSSR count). The molecule has 3 unspecified atom stereocenters. The van der Waals surface area contributed by atoms with Gasteiger partial charge in [0.05, 0.1) is 26.5 Å². The first kappa shape index (κ1) is 12.7. The van der Waals surface area contributed by atoms with Gasteiger partial charge in [-0.1, -0.05) is 0 Å². The Kier molecular flexibility index (Phi) is 3.31. The normalized spacial score (nSPS) is 29.7. The molecule has 104 valence electrons. The predicted molar refractivity (Wildman–Crippen MR) is 71.3 cm³/mol. The molecule has 1 aromatic heterocycles. The van der Waals surface area contributed by atoms with Crippen molar-refractivity contribution in [3.05, 3.63) is 11.9 Å². The van der Waals surface area contributed by atoms with E-state index >= 15 is 0 Å². The molecule has 0 aliphatic heterocycles. The summed E-state index contributed by atoms with van der Waals surface area (Å²) in [6, 6.07) is 0.223. The maximum absolute atomic E-state index is 5.37. The molecule has 2 fully saturated rings. The molecule has 0 amide bonds. The van der Waals surface area contributed by atoms with Crippen LogP contribution in [0.4, 0.5) is 0 Å². The van der Waals surface area contributed by atoms with Crippen LogP contribution in [-0.4, -0.2) is 31.2 Å². The van der Waals surface area contributed by atoms with Crippen LogP contribution < -0.4 is 14.8 Å². The second kappa shape index (κ2) is 4.96. The zero-order valence-corrected chi connectivity index (χ0v) is 11.7. The summed E-state index contributed by atoms with van der Waals surface area (Å²) < 4.78 is 10.5. The van der Waals surface area contributed by atoms with Crippen molar-refractivity contribution in [1.82, 2.24) is 15.3 Å². The number of rotatable bonds is 5. The van der Waals surface area contributed by atoms with Gasteiger partial charge >= 0.3 is 0 Å². The summed E-state index contributed by atoms with van der Waals surface area (Å²) in [5.41, 5.74) is 0.900. The highest BCUT2D eigenvalue weighted by Gasteiger charge is 2.48. The highest BCUT2D eigenvalue weighted by molar-refractivity contribution is 5.27. The van der Waals surface area contributed by atoms with Gasteiger partial charge < -0.3 is 14.8 Å². The van der Waals surface area contributed by atoms with Gasteiger partial charge in [0.2, 0.25) is 11.8 Å². The molecule has 5 heteroatoms. The fraction of sp³-hybridized carbons (Fsp3) is 0.714. The van der Waals surface area contributed by atoms with Crippen molar-refractivity contribution in [3.63, 3.8) is 0 Å². The number of nitrogens with one attached hydrogen (secondary N) is 1. The van der Waals surface area contributed by atoms with Gasteiger partial charge in [-0.25, -0.2) is 4.98 Å². The van der Waals surface area contributed by atoms with Crippen LogP contribution in [0.3, 0.4) is 0 Å². The monoisotopic (exact) mass is 263 g/mol. The minimum Gasteiger partial charge on any atom is -0.480 e. The van der Waals surface area contributed by atoms with Crippen LogP contribution >= 0.6 is 0 Å². The van der Waals surface area contributed by atoms with E-state index in [0.29, 0.717) is 17.7 Å².